The molecule has 2 fully saturated rings. The summed E-state index contributed by atoms with van der Waals surface area (Å²) in [5, 5.41) is 0. The first kappa shape index (κ1) is 13.0. The van der Waals surface area contributed by atoms with Gasteiger partial charge in [0.2, 0.25) is 0 Å². The summed E-state index contributed by atoms with van der Waals surface area (Å²) in [7, 11) is -0.252. The Labute approximate surface area is 115 Å². The Kier molecular flexibility index (Phi) is 3.55. The van der Waals surface area contributed by atoms with Crippen LogP contribution in [0.1, 0.15) is 33.1 Å². The van der Waals surface area contributed by atoms with Crippen molar-refractivity contribution in [1.82, 2.24) is 0 Å². The Morgan fingerprint density at radius 2 is 1.95 bits per heavy atom. The topological polar surface area (TPSA) is 27.7 Å². The van der Waals surface area contributed by atoms with Crippen molar-refractivity contribution in [2.24, 2.45) is 5.41 Å². The molecule has 1 aliphatic carbocycles. The molecule has 1 aromatic rings. The van der Waals surface area contributed by atoms with Crippen LogP contribution in [-0.4, -0.2) is 26.4 Å². The molecular formula is C15H21BO3. The molecule has 3 rings (SSSR count). The van der Waals surface area contributed by atoms with Crippen molar-refractivity contribution in [3.63, 3.8) is 0 Å². The predicted octanol–water partition coefficient (Wildman–Crippen LogP) is 2.39. The summed E-state index contributed by atoms with van der Waals surface area (Å²) in [4.78, 5) is 0. The first-order valence-electron chi connectivity index (χ1n) is 7.12. The molecule has 0 N–H and O–H groups in total. The average molecular weight is 260 g/mol. The number of benzene rings is 1. The van der Waals surface area contributed by atoms with Crippen molar-refractivity contribution < 1.29 is 14.0 Å². The second-order valence-corrected chi connectivity index (χ2v) is 6.36. The maximum atomic E-state index is 5.91. The second kappa shape index (κ2) is 5.18. The third-order valence-corrected chi connectivity index (χ3v) is 3.74. The molecule has 0 aromatic heterocycles. The normalized spacial score (nSPS) is 22.9. The van der Waals surface area contributed by atoms with E-state index in [1.165, 1.54) is 19.3 Å². The van der Waals surface area contributed by atoms with Gasteiger partial charge in [0.1, 0.15) is 5.75 Å². The lowest BCUT2D eigenvalue weighted by Crippen LogP contribution is -2.47. The van der Waals surface area contributed by atoms with Crippen LogP contribution in [0.5, 0.6) is 5.75 Å². The number of ether oxygens (including phenoxy) is 1. The van der Waals surface area contributed by atoms with Gasteiger partial charge in [0, 0.05) is 18.6 Å². The molecule has 1 heterocycles. The molecule has 102 valence electrons. The van der Waals surface area contributed by atoms with Crippen LogP contribution in [0.3, 0.4) is 0 Å². The van der Waals surface area contributed by atoms with Crippen LogP contribution < -0.4 is 10.2 Å². The predicted molar refractivity (Wildman–Crippen MR) is 75.8 cm³/mol. The zero-order valence-corrected chi connectivity index (χ0v) is 11.7. The van der Waals surface area contributed by atoms with Gasteiger partial charge in [-0.1, -0.05) is 26.0 Å². The molecule has 19 heavy (non-hydrogen) atoms. The fraction of sp³-hybridized carbons (Fsp3) is 0.600. The number of rotatable bonds is 3. The molecule has 1 saturated heterocycles. The number of hydrogen-bond acceptors (Lipinski definition) is 3. The monoisotopic (exact) mass is 260 g/mol. The maximum absolute atomic E-state index is 5.91. The van der Waals surface area contributed by atoms with E-state index in [9.17, 15) is 0 Å². The molecule has 3 nitrogen and oxygen atoms in total. The first-order chi connectivity index (χ1) is 9.12. The SMILES string of the molecule is CC1(C)COB(c2cccc(OC3CCC3)c2)OC1. The van der Waals surface area contributed by atoms with Gasteiger partial charge in [-0.15, -0.1) is 0 Å². The smallest absolute Gasteiger partial charge is 0.490 e. The standard InChI is InChI=1S/C15H21BO3/c1-15(2)10-17-16(18-11-15)12-5-3-8-14(9-12)19-13-6-4-7-13/h3,5,8-9,13H,4,6-7,10-11H2,1-2H3. The largest absolute Gasteiger partial charge is 0.494 e. The van der Waals surface area contributed by atoms with Crippen molar-refractivity contribution in [3.8, 4) is 5.75 Å². The van der Waals surface area contributed by atoms with Gasteiger partial charge < -0.3 is 14.0 Å². The zero-order valence-electron chi connectivity index (χ0n) is 11.7. The Balaban J connectivity index is 1.65. The van der Waals surface area contributed by atoms with Crippen LogP contribution in [0.25, 0.3) is 0 Å². The van der Waals surface area contributed by atoms with E-state index >= 15 is 0 Å². The maximum Gasteiger partial charge on any atom is 0.494 e. The minimum absolute atomic E-state index is 0.108. The highest BCUT2D eigenvalue weighted by Crippen LogP contribution is 2.25. The molecule has 0 bridgehead atoms. The van der Waals surface area contributed by atoms with Crippen molar-refractivity contribution in [1.29, 1.82) is 0 Å². The minimum atomic E-state index is -0.252. The summed E-state index contributed by atoms with van der Waals surface area (Å²) in [6.45, 7) is 5.76. The van der Waals surface area contributed by atoms with Crippen LogP contribution >= 0.6 is 0 Å². The fourth-order valence-electron chi connectivity index (χ4n) is 2.30. The van der Waals surface area contributed by atoms with E-state index in [0.29, 0.717) is 6.10 Å². The van der Waals surface area contributed by atoms with Crippen LogP contribution in [0.4, 0.5) is 0 Å². The Morgan fingerprint density at radius 1 is 1.21 bits per heavy atom. The van der Waals surface area contributed by atoms with E-state index in [2.05, 4.69) is 13.8 Å². The van der Waals surface area contributed by atoms with Gasteiger partial charge in [-0.05, 0) is 36.9 Å². The highest BCUT2D eigenvalue weighted by Gasteiger charge is 2.33. The average Bonchev–Trinajstić information content (AvgIpc) is 2.34. The van der Waals surface area contributed by atoms with E-state index in [-0.39, 0.29) is 12.5 Å². The second-order valence-electron chi connectivity index (χ2n) is 6.36. The lowest BCUT2D eigenvalue weighted by Gasteiger charge is -2.33. The van der Waals surface area contributed by atoms with Crippen LogP contribution in [-0.2, 0) is 9.31 Å². The van der Waals surface area contributed by atoms with Gasteiger partial charge in [0.15, 0.2) is 0 Å². The summed E-state index contributed by atoms with van der Waals surface area (Å²) >= 11 is 0. The van der Waals surface area contributed by atoms with E-state index in [4.69, 9.17) is 14.0 Å². The van der Waals surface area contributed by atoms with Crippen molar-refractivity contribution >= 4 is 12.6 Å². The van der Waals surface area contributed by atoms with Crippen molar-refractivity contribution in [2.75, 3.05) is 13.2 Å². The molecule has 2 aliphatic rings. The molecule has 4 heteroatoms. The molecule has 0 radical (unpaired) electrons. The summed E-state index contributed by atoms with van der Waals surface area (Å²) < 4.78 is 17.5. The van der Waals surface area contributed by atoms with Gasteiger partial charge in [-0.3, -0.25) is 0 Å². The summed E-state index contributed by atoms with van der Waals surface area (Å²) in [6.07, 6.45) is 4.04. The molecule has 1 aliphatic heterocycles. The van der Waals surface area contributed by atoms with Crippen LogP contribution in [0.2, 0.25) is 0 Å². The Morgan fingerprint density at radius 3 is 2.58 bits per heavy atom. The molecule has 1 saturated carbocycles. The van der Waals surface area contributed by atoms with Gasteiger partial charge in [0.05, 0.1) is 6.10 Å². The zero-order chi connectivity index (χ0) is 13.3. The summed E-state index contributed by atoms with van der Waals surface area (Å²) in [5.41, 5.74) is 1.16. The van der Waals surface area contributed by atoms with Crippen LogP contribution in [0, 0.1) is 5.41 Å². The summed E-state index contributed by atoms with van der Waals surface area (Å²) in [5.74, 6) is 0.930. The highest BCUT2D eigenvalue weighted by molar-refractivity contribution is 6.61. The molecule has 1 aromatic carbocycles. The van der Waals surface area contributed by atoms with E-state index < -0.39 is 0 Å². The van der Waals surface area contributed by atoms with Crippen molar-refractivity contribution in [3.05, 3.63) is 24.3 Å². The molecular weight excluding hydrogens is 239 g/mol. The van der Waals surface area contributed by atoms with Crippen LogP contribution in [0.15, 0.2) is 24.3 Å². The quantitative estimate of drug-likeness (QED) is 0.781. The van der Waals surface area contributed by atoms with Gasteiger partial charge in [-0.2, -0.15) is 0 Å². The molecule has 0 amide bonds. The number of hydrogen-bond donors (Lipinski definition) is 0. The lowest BCUT2D eigenvalue weighted by molar-refractivity contribution is 0.0342. The van der Waals surface area contributed by atoms with E-state index in [0.717, 1.165) is 24.4 Å². The Hall–Kier alpha value is -0.995. The van der Waals surface area contributed by atoms with E-state index in [1.54, 1.807) is 0 Å². The lowest BCUT2D eigenvalue weighted by atomic mass is 9.76. The van der Waals surface area contributed by atoms with Gasteiger partial charge in [0.25, 0.3) is 0 Å². The summed E-state index contributed by atoms with van der Waals surface area (Å²) in [6, 6.07) is 8.10. The molecule has 0 spiro atoms. The first-order valence-corrected chi connectivity index (χ1v) is 7.12. The van der Waals surface area contributed by atoms with E-state index in [1.807, 2.05) is 24.3 Å². The third kappa shape index (κ3) is 3.12. The van der Waals surface area contributed by atoms with Gasteiger partial charge in [-0.25, -0.2) is 0 Å². The Bertz CT molecular complexity index is 433. The highest BCUT2D eigenvalue weighted by atomic mass is 16.6. The minimum Gasteiger partial charge on any atom is -0.490 e. The molecule has 0 atom stereocenters. The molecule has 0 unspecified atom stereocenters. The third-order valence-electron chi connectivity index (χ3n) is 3.74. The fourth-order valence-corrected chi connectivity index (χ4v) is 2.30. The van der Waals surface area contributed by atoms with Gasteiger partial charge >= 0.3 is 7.12 Å². The van der Waals surface area contributed by atoms with Crippen molar-refractivity contribution in [2.45, 2.75) is 39.2 Å².